The Morgan fingerprint density at radius 2 is 2.33 bits per heavy atom. The van der Waals surface area contributed by atoms with E-state index in [0.717, 1.165) is 5.75 Å². The molecule has 0 amide bonds. The van der Waals surface area contributed by atoms with Gasteiger partial charge in [-0.1, -0.05) is 12.1 Å². The Bertz CT molecular complexity index is 419. The van der Waals surface area contributed by atoms with Crippen LogP contribution in [0.4, 0.5) is 0 Å². The Hall–Kier alpha value is -1.39. The van der Waals surface area contributed by atoms with E-state index in [2.05, 4.69) is 5.32 Å². The first-order valence-corrected chi connectivity index (χ1v) is 6.28. The van der Waals surface area contributed by atoms with Gasteiger partial charge in [0.05, 0.1) is 25.7 Å². The first kappa shape index (κ1) is 13.1. The number of Topliss-reactive ketones (excluding diaryl/α,β-unsaturated/α-hetero) is 1. The molecule has 4 heteroatoms. The van der Waals surface area contributed by atoms with Crippen molar-refractivity contribution >= 4 is 5.78 Å². The van der Waals surface area contributed by atoms with Gasteiger partial charge in [0.2, 0.25) is 0 Å². The molecule has 98 valence electrons. The quantitative estimate of drug-likeness (QED) is 0.803. The number of nitrogens with one attached hydrogen (secondary N) is 1. The summed E-state index contributed by atoms with van der Waals surface area (Å²) in [6, 6.07) is 7.45. The average Bonchev–Trinajstić information content (AvgIpc) is 2.87. The van der Waals surface area contributed by atoms with Crippen LogP contribution in [0.1, 0.15) is 17.3 Å². The lowest BCUT2D eigenvalue weighted by Gasteiger charge is -2.15. The monoisotopic (exact) mass is 249 g/mol. The predicted octanol–water partition coefficient (Wildman–Crippen LogP) is 1.50. The fourth-order valence-electron chi connectivity index (χ4n) is 2.22. The van der Waals surface area contributed by atoms with Crippen molar-refractivity contribution in [1.29, 1.82) is 0 Å². The molecule has 0 radical (unpaired) electrons. The molecule has 2 rings (SSSR count). The van der Waals surface area contributed by atoms with Gasteiger partial charge >= 0.3 is 0 Å². The van der Waals surface area contributed by atoms with E-state index in [-0.39, 0.29) is 17.7 Å². The van der Waals surface area contributed by atoms with Crippen molar-refractivity contribution in [3.05, 3.63) is 29.8 Å². The summed E-state index contributed by atoms with van der Waals surface area (Å²) in [4.78, 5) is 12.4. The van der Waals surface area contributed by atoms with Crippen LogP contribution in [0.25, 0.3) is 0 Å². The van der Waals surface area contributed by atoms with Gasteiger partial charge < -0.3 is 14.8 Å². The van der Waals surface area contributed by atoms with E-state index in [1.54, 1.807) is 6.07 Å². The van der Waals surface area contributed by atoms with Crippen LogP contribution in [-0.2, 0) is 4.74 Å². The van der Waals surface area contributed by atoms with Crippen molar-refractivity contribution in [2.45, 2.75) is 13.0 Å². The zero-order valence-electron chi connectivity index (χ0n) is 10.8. The summed E-state index contributed by atoms with van der Waals surface area (Å²) in [7, 11) is 1.86. The van der Waals surface area contributed by atoms with Crippen molar-refractivity contribution in [1.82, 2.24) is 5.32 Å². The number of hydrogen-bond donors (Lipinski definition) is 1. The minimum absolute atomic E-state index is 0.105. The van der Waals surface area contributed by atoms with E-state index in [0.29, 0.717) is 25.4 Å². The Balaban J connectivity index is 2.15. The molecule has 2 unspecified atom stereocenters. The third-order valence-corrected chi connectivity index (χ3v) is 3.22. The summed E-state index contributed by atoms with van der Waals surface area (Å²) in [6.07, 6.45) is 0. The van der Waals surface area contributed by atoms with Crippen LogP contribution in [0.15, 0.2) is 24.3 Å². The lowest BCUT2D eigenvalue weighted by atomic mass is 9.93. The number of ketones is 1. The highest BCUT2D eigenvalue weighted by atomic mass is 16.5. The SMILES string of the molecule is CCOc1cccc(C(=O)C2COCC2NC)c1. The molecule has 1 fully saturated rings. The number of likely N-dealkylation sites (N-methyl/N-ethyl adjacent to an activating group) is 1. The molecule has 0 saturated carbocycles. The molecule has 1 heterocycles. The molecule has 0 aromatic heterocycles. The molecule has 18 heavy (non-hydrogen) atoms. The molecule has 1 aliphatic heterocycles. The van der Waals surface area contributed by atoms with Crippen molar-refractivity contribution in [3.8, 4) is 5.75 Å². The van der Waals surface area contributed by atoms with Crippen LogP contribution < -0.4 is 10.1 Å². The van der Waals surface area contributed by atoms with Crippen LogP contribution in [0, 0.1) is 5.92 Å². The van der Waals surface area contributed by atoms with E-state index in [9.17, 15) is 4.79 Å². The van der Waals surface area contributed by atoms with Gasteiger partial charge in [-0.05, 0) is 26.1 Å². The topological polar surface area (TPSA) is 47.6 Å². The molecule has 2 atom stereocenters. The lowest BCUT2D eigenvalue weighted by Crippen LogP contribution is -2.37. The van der Waals surface area contributed by atoms with E-state index >= 15 is 0 Å². The number of benzene rings is 1. The summed E-state index contributed by atoms with van der Waals surface area (Å²) in [5.41, 5.74) is 0.691. The van der Waals surface area contributed by atoms with E-state index in [1.165, 1.54) is 0 Å². The number of hydrogen-bond acceptors (Lipinski definition) is 4. The van der Waals surface area contributed by atoms with E-state index < -0.39 is 0 Å². The lowest BCUT2D eigenvalue weighted by molar-refractivity contribution is 0.0892. The van der Waals surface area contributed by atoms with Gasteiger partial charge in [0.15, 0.2) is 5.78 Å². The maximum absolute atomic E-state index is 12.4. The number of rotatable bonds is 5. The minimum Gasteiger partial charge on any atom is -0.494 e. The minimum atomic E-state index is -0.105. The van der Waals surface area contributed by atoms with Crippen LogP contribution in [0.5, 0.6) is 5.75 Å². The zero-order chi connectivity index (χ0) is 13.0. The Morgan fingerprint density at radius 3 is 3.06 bits per heavy atom. The second-order valence-electron chi connectivity index (χ2n) is 4.36. The van der Waals surface area contributed by atoms with Crippen molar-refractivity contribution in [2.75, 3.05) is 26.9 Å². The molecular formula is C14H19NO3. The van der Waals surface area contributed by atoms with Crippen LogP contribution >= 0.6 is 0 Å². The van der Waals surface area contributed by atoms with Crippen molar-refractivity contribution in [2.24, 2.45) is 5.92 Å². The highest BCUT2D eigenvalue weighted by Gasteiger charge is 2.33. The summed E-state index contributed by atoms with van der Waals surface area (Å²) < 4.78 is 10.8. The van der Waals surface area contributed by atoms with Gasteiger partial charge in [-0.15, -0.1) is 0 Å². The molecule has 4 nitrogen and oxygen atoms in total. The number of carbonyl (C=O) groups is 1. The molecule has 1 N–H and O–H groups in total. The molecule has 0 aliphatic carbocycles. The normalized spacial score (nSPS) is 23.0. The van der Waals surface area contributed by atoms with Crippen LogP contribution in [0.3, 0.4) is 0 Å². The molecule has 1 saturated heterocycles. The fraction of sp³-hybridized carbons (Fsp3) is 0.500. The summed E-state index contributed by atoms with van der Waals surface area (Å²) in [5, 5.41) is 3.13. The zero-order valence-corrected chi connectivity index (χ0v) is 10.8. The molecule has 1 aromatic carbocycles. The number of ether oxygens (including phenoxy) is 2. The second kappa shape index (κ2) is 5.98. The molecular weight excluding hydrogens is 230 g/mol. The Kier molecular flexibility index (Phi) is 4.33. The van der Waals surface area contributed by atoms with Gasteiger partial charge in [0, 0.05) is 11.6 Å². The third kappa shape index (κ3) is 2.71. The first-order valence-electron chi connectivity index (χ1n) is 6.28. The molecule has 0 spiro atoms. The fourth-order valence-corrected chi connectivity index (χ4v) is 2.22. The maximum atomic E-state index is 12.4. The average molecular weight is 249 g/mol. The third-order valence-electron chi connectivity index (χ3n) is 3.22. The van der Waals surface area contributed by atoms with Gasteiger partial charge in [0.25, 0.3) is 0 Å². The van der Waals surface area contributed by atoms with Crippen molar-refractivity contribution in [3.63, 3.8) is 0 Å². The van der Waals surface area contributed by atoms with Gasteiger partial charge in [-0.25, -0.2) is 0 Å². The maximum Gasteiger partial charge on any atom is 0.170 e. The summed E-state index contributed by atoms with van der Waals surface area (Å²) >= 11 is 0. The van der Waals surface area contributed by atoms with E-state index in [1.807, 2.05) is 32.2 Å². The second-order valence-corrected chi connectivity index (χ2v) is 4.36. The van der Waals surface area contributed by atoms with Gasteiger partial charge in [0.1, 0.15) is 5.75 Å². The first-order chi connectivity index (χ1) is 8.76. The molecule has 0 bridgehead atoms. The highest BCUT2D eigenvalue weighted by Crippen LogP contribution is 2.21. The summed E-state index contributed by atoms with van der Waals surface area (Å²) in [6.45, 7) is 3.61. The largest absolute Gasteiger partial charge is 0.494 e. The standard InChI is InChI=1S/C14H19NO3/c1-3-18-11-6-4-5-10(7-11)14(16)12-8-17-9-13(12)15-2/h4-7,12-13,15H,3,8-9H2,1-2H3. The molecule has 1 aliphatic rings. The predicted molar refractivity (Wildman–Crippen MR) is 69.1 cm³/mol. The van der Waals surface area contributed by atoms with Crippen molar-refractivity contribution < 1.29 is 14.3 Å². The van der Waals surface area contributed by atoms with Gasteiger partial charge in [-0.2, -0.15) is 0 Å². The van der Waals surface area contributed by atoms with Crippen LogP contribution in [0.2, 0.25) is 0 Å². The van der Waals surface area contributed by atoms with Crippen LogP contribution in [-0.4, -0.2) is 38.7 Å². The van der Waals surface area contributed by atoms with Gasteiger partial charge in [-0.3, -0.25) is 4.79 Å². The summed E-state index contributed by atoms with van der Waals surface area (Å²) in [5.74, 6) is 0.753. The number of carbonyl (C=O) groups excluding carboxylic acids is 1. The Labute approximate surface area is 107 Å². The van der Waals surface area contributed by atoms with E-state index in [4.69, 9.17) is 9.47 Å². The molecule has 1 aromatic rings. The highest BCUT2D eigenvalue weighted by molar-refractivity contribution is 5.98. The smallest absolute Gasteiger partial charge is 0.170 e. The Morgan fingerprint density at radius 1 is 1.50 bits per heavy atom.